The Morgan fingerprint density at radius 2 is 2.00 bits per heavy atom. The monoisotopic (exact) mass is 351 g/mol. The number of halogens is 3. The van der Waals surface area contributed by atoms with Crippen LogP contribution in [0.5, 0.6) is 0 Å². The molecule has 2 nitrogen and oxygen atoms in total. The number of nitriles is 1. The molecule has 0 radical (unpaired) electrons. The number of hydrogen-bond acceptors (Lipinski definition) is 2. The number of hydrogen-bond donors (Lipinski definition) is 0. The van der Waals surface area contributed by atoms with E-state index in [-0.39, 0.29) is 10.6 Å². The Morgan fingerprint density at radius 1 is 1.30 bits per heavy atom. The van der Waals surface area contributed by atoms with Crippen molar-refractivity contribution in [3.05, 3.63) is 68.9 Å². The van der Waals surface area contributed by atoms with Gasteiger partial charge in [-0.25, -0.2) is 4.39 Å². The average Bonchev–Trinajstić information content (AvgIpc) is 2.42. The Hall–Kier alpha value is -1.70. The lowest BCUT2D eigenvalue weighted by atomic mass is 9.92. The summed E-state index contributed by atoms with van der Waals surface area (Å²) in [6.45, 7) is 0. The highest BCUT2D eigenvalue weighted by Crippen LogP contribution is 2.30. The highest BCUT2D eigenvalue weighted by atomic mass is 79.9. The van der Waals surface area contributed by atoms with Crippen LogP contribution in [0.4, 0.5) is 4.39 Å². The maximum atomic E-state index is 13.2. The molecular formula is C15H8BrClFNO. The van der Waals surface area contributed by atoms with Gasteiger partial charge in [0.25, 0.3) is 0 Å². The van der Waals surface area contributed by atoms with Crippen LogP contribution in [0.15, 0.2) is 46.9 Å². The quantitative estimate of drug-likeness (QED) is 0.749. The Morgan fingerprint density at radius 3 is 2.65 bits per heavy atom. The van der Waals surface area contributed by atoms with Gasteiger partial charge in [0.05, 0.1) is 11.1 Å². The molecule has 1 atom stereocenters. The van der Waals surface area contributed by atoms with Gasteiger partial charge < -0.3 is 0 Å². The van der Waals surface area contributed by atoms with Crippen LogP contribution in [-0.4, -0.2) is 5.78 Å². The summed E-state index contributed by atoms with van der Waals surface area (Å²) in [4.78, 5) is 12.4. The lowest BCUT2D eigenvalue weighted by molar-refractivity contribution is 0.0979. The molecule has 0 aliphatic rings. The fourth-order valence-corrected chi connectivity index (χ4v) is 2.41. The first-order valence-corrected chi connectivity index (χ1v) is 6.85. The van der Waals surface area contributed by atoms with Crippen molar-refractivity contribution in [2.75, 3.05) is 0 Å². The second kappa shape index (κ2) is 6.17. The number of rotatable bonds is 3. The van der Waals surface area contributed by atoms with Crippen molar-refractivity contribution in [2.45, 2.75) is 5.92 Å². The van der Waals surface area contributed by atoms with Gasteiger partial charge in [0, 0.05) is 10.0 Å². The molecule has 0 saturated heterocycles. The van der Waals surface area contributed by atoms with E-state index >= 15 is 0 Å². The topological polar surface area (TPSA) is 40.9 Å². The molecule has 1 unspecified atom stereocenters. The number of Topliss-reactive ketones (excluding diaryl/α,β-unsaturated/α-hetero) is 1. The Kier molecular flexibility index (Phi) is 4.53. The maximum Gasteiger partial charge on any atom is 0.185 e. The molecule has 5 heteroatoms. The minimum absolute atomic E-state index is 0.233. The van der Waals surface area contributed by atoms with Gasteiger partial charge in [0.2, 0.25) is 0 Å². The number of ketones is 1. The summed E-state index contributed by atoms with van der Waals surface area (Å²) >= 11 is 9.28. The van der Waals surface area contributed by atoms with Gasteiger partial charge in [-0.15, -0.1) is 0 Å². The lowest BCUT2D eigenvalue weighted by Gasteiger charge is -2.10. The summed E-state index contributed by atoms with van der Waals surface area (Å²) < 4.78 is 13.8. The molecule has 0 amide bonds. The van der Waals surface area contributed by atoms with E-state index in [4.69, 9.17) is 11.6 Å². The van der Waals surface area contributed by atoms with Crippen molar-refractivity contribution in [1.82, 2.24) is 0 Å². The average molecular weight is 353 g/mol. The summed E-state index contributed by atoms with van der Waals surface area (Å²) in [6.07, 6.45) is 0. The zero-order valence-electron chi connectivity index (χ0n) is 10.1. The van der Waals surface area contributed by atoms with E-state index in [1.54, 1.807) is 24.3 Å². The third kappa shape index (κ3) is 2.90. The minimum atomic E-state index is -1.09. The van der Waals surface area contributed by atoms with Gasteiger partial charge in [0.1, 0.15) is 11.7 Å². The van der Waals surface area contributed by atoms with Crippen LogP contribution in [0, 0.1) is 17.1 Å². The van der Waals surface area contributed by atoms with Crippen molar-refractivity contribution in [3.63, 3.8) is 0 Å². The molecule has 2 aromatic carbocycles. The van der Waals surface area contributed by atoms with E-state index in [1.807, 2.05) is 6.07 Å². The highest BCUT2D eigenvalue weighted by molar-refractivity contribution is 9.10. The molecule has 0 bridgehead atoms. The van der Waals surface area contributed by atoms with Gasteiger partial charge in [-0.1, -0.05) is 29.8 Å². The van der Waals surface area contributed by atoms with Crippen LogP contribution in [0.2, 0.25) is 5.02 Å². The van der Waals surface area contributed by atoms with E-state index < -0.39 is 17.5 Å². The van der Waals surface area contributed by atoms with E-state index in [9.17, 15) is 14.4 Å². The van der Waals surface area contributed by atoms with Crippen molar-refractivity contribution >= 4 is 33.3 Å². The first kappa shape index (κ1) is 14.7. The van der Waals surface area contributed by atoms with Gasteiger partial charge in [-0.3, -0.25) is 4.79 Å². The zero-order valence-corrected chi connectivity index (χ0v) is 12.5. The number of benzene rings is 2. The van der Waals surface area contributed by atoms with Crippen molar-refractivity contribution in [2.24, 2.45) is 0 Å². The van der Waals surface area contributed by atoms with Crippen LogP contribution < -0.4 is 0 Å². The van der Waals surface area contributed by atoms with Gasteiger partial charge in [-0.2, -0.15) is 5.26 Å². The lowest BCUT2D eigenvalue weighted by Crippen LogP contribution is -2.12. The molecule has 0 spiro atoms. The summed E-state index contributed by atoms with van der Waals surface area (Å²) in [6, 6.07) is 12.2. The molecule has 0 fully saturated rings. The molecule has 0 saturated carbocycles. The molecule has 0 N–H and O–H groups in total. The first-order valence-electron chi connectivity index (χ1n) is 5.68. The number of carbonyl (C=O) groups is 1. The Labute approximate surface area is 128 Å². The summed E-state index contributed by atoms with van der Waals surface area (Å²) in [5, 5.41) is 9.46. The molecule has 2 aromatic rings. The second-order valence-corrected chi connectivity index (χ2v) is 5.32. The van der Waals surface area contributed by atoms with E-state index in [2.05, 4.69) is 15.9 Å². The van der Waals surface area contributed by atoms with Gasteiger partial charge in [-0.05, 0) is 45.8 Å². The number of carbonyl (C=O) groups excluding carboxylic acids is 1. The molecule has 0 aliphatic heterocycles. The van der Waals surface area contributed by atoms with Crippen molar-refractivity contribution < 1.29 is 9.18 Å². The maximum absolute atomic E-state index is 13.2. The minimum Gasteiger partial charge on any atom is -0.292 e. The normalized spacial score (nSPS) is 11.7. The van der Waals surface area contributed by atoms with Gasteiger partial charge in [0.15, 0.2) is 5.78 Å². The van der Waals surface area contributed by atoms with E-state index in [0.29, 0.717) is 10.0 Å². The predicted octanol–water partition coefficient (Wildman–Crippen LogP) is 4.73. The largest absolute Gasteiger partial charge is 0.292 e. The smallest absolute Gasteiger partial charge is 0.185 e. The highest BCUT2D eigenvalue weighted by Gasteiger charge is 2.24. The summed E-state index contributed by atoms with van der Waals surface area (Å²) in [5.74, 6) is -2.03. The van der Waals surface area contributed by atoms with E-state index in [1.165, 1.54) is 18.2 Å². The van der Waals surface area contributed by atoms with Crippen LogP contribution in [0.1, 0.15) is 21.8 Å². The molecular weight excluding hydrogens is 345 g/mol. The molecule has 0 aromatic heterocycles. The second-order valence-electron chi connectivity index (χ2n) is 4.08. The third-order valence-electron chi connectivity index (χ3n) is 2.79. The van der Waals surface area contributed by atoms with E-state index in [0.717, 1.165) is 0 Å². The fourth-order valence-electron chi connectivity index (χ4n) is 1.82. The standard InChI is InChI=1S/C15H8BrClFNO/c16-13-6-2-5-11(14(13)17)15(20)12(8-19)9-3-1-4-10(18)7-9/h1-7,12H. The predicted molar refractivity (Wildman–Crippen MR) is 78.2 cm³/mol. The molecule has 0 aliphatic carbocycles. The Bertz CT molecular complexity index is 711. The van der Waals surface area contributed by atoms with Crippen LogP contribution >= 0.6 is 27.5 Å². The Balaban J connectivity index is 2.45. The van der Waals surface area contributed by atoms with Gasteiger partial charge >= 0.3 is 0 Å². The van der Waals surface area contributed by atoms with Crippen molar-refractivity contribution in [3.8, 4) is 6.07 Å². The van der Waals surface area contributed by atoms with Crippen LogP contribution in [0.25, 0.3) is 0 Å². The molecule has 2 rings (SSSR count). The van der Waals surface area contributed by atoms with Crippen LogP contribution in [0.3, 0.4) is 0 Å². The third-order valence-corrected chi connectivity index (χ3v) is 4.09. The SMILES string of the molecule is N#CC(C(=O)c1cccc(Br)c1Cl)c1cccc(F)c1. The number of nitrogens with zero attached hydrogens (tertiary/aromatic N) is 1. The summed E-state index contributed by atoms with van der Waals surface area (Å²) in [7, 11) is 0. The van der Waals surface area contributed by atoms with Crippen LogP contribution in [-0.2, 0) is 0 Å². The molecule has 100 valence electrons. The molecule has 0 heterocycles. The summed E-state index contributed by atoms with van der Waals surface area (Å²) in [5.41, 5.74) is 0.547. The zero-order chi connectivity index (χ0) is 14.7. The fraction of sp³-hybridized carbons (Fsp3) is 0.0667. The first-order chi connectivity index (χ1) is 9.54. The van der Waals surface area contributed by atoms with Crippen molar-refractivity contribution in [1.29, 1.82) is 5.26 Å². The molecule has 20 heavy (non-hydrogen) atoms.